The molecule has 1 saturated carbocycles. The highest BCUT2D eigenvalue weighted by atomic mass is 16.3. The zero-order valence-electron chi connectivity index (χ0n) is 14.3. The molecule has 1 aliphatic carbocycles. The summed E-state index contributed by atoms with van der Waals surface area (Å²) in [6.07, 6.45) is 3.31. The molecule has 2 atom stereocenters. The van der Waals surface area contributed by atoms with Crippen molar-refractivity contribution in [2.45, 2.75) is 51.7 Å². The molecule has 2 heteroatoms. The van der Waals surface area contributed by atoms with E-state index in [0.29, 0.717) is 6.42 Å². The molecule has 1 aliphatic rings. The smallest absolute Gasteiger partial charge is 0.143 e. The molecule has 0 spiro atoms. The van der Waals surface area contributed by atoms with E-state index in [1.165, 1.54) is 0 Å². The van der Waals surface area contributed by atoms with E-state index in [1.54, 1.807) is 6.92 Å². The maximum absolute atomic E-state index is 10.7. The number of hydrogen-bond acceptors (Lipinski definition) is 2. The topological polar surface area (TPSA) is 40.5 Å². The minimum atomic E-state index is -1.25. The first kappa shape index (κ1) is 17.5. The van der Waals surface area contributed by atoms with Crippen molar-refractivity contribution >= 4 is 6.08 Å². The number of hydrogen-bond donors (Lipinski definition) is 2. The van der Waals surface area contributed by atoms with Gasteiger partial charge in [-0.25, -0.2) is 0 Å². The van der Waals surface area contributed by atoms with Gasteiger partial charge in [0.1, 0.15) is 11.7 Å². The molecule has 1 aromatic rings. The number of rotatable bonds is 5. The summed E-state index contributed by atoms with van der Waals surface area (Å²) < 4.78 is 0. The molecule has 0 unspecified atom stereocenters. The summed E-state index contributed by atoms with van der Waals surface area (Å²) in [5.41, 5.74) is 1.55. The Labute approximate surface area is 139 Å². The van der Waals surface area contributed by atoms with E-state index in [4.69, 9.17) is 0 Å². The van der Waals surface area contributed by atoms with Gasteiger partial charge in [-0.1, -0.05) is 66.0 Å². The molecule has 0 aromatic heterocycles. The largest absolute Gasteiger partial charge is 0.385 e. The van der Waals surface area contributed by atoms with Crippen LogP contribution in [0.25, 0.3) is 6.08 Å². The minimum Gasteiger partial charge on any atom is -0.385 e. The summed E-state index contributed by atoms with van der Waals surface area (Å²) in [6.45, 7) is 9.56. The van der Waals surface area contributed by atoms with Crippen molar-refractivity contribution in [3.8, 4) is 11.8 Å². The third kappa shape index (κ3) is 3.75. The fourth-order valence-electron chi connectivity index (χ4n) is 3.06. The highest BCUT2D eigenvalue weighted by molar-refractivity contribution is 5.52. The molecular weight excluding hydrogens is 284 g/mol. The van der Waals surface area contributed by atoms with E-state index in [-0.39, 0.29) is 5.41 Å². The molecule has 0 heterocycles. The van der Waals surface area contributed by atoms with Crippen molar-refractivity contribution in [2.24, 2.45) is 5.41 Å². The summed E-state index contributed by atoms with van der Waals surface area (Å²) in [4.78, 5) is 0. The van der Waals surface area contributed by atoms with Gasteiger partial charge in [0, 0.05) is 11.8 Å². The van der Waals surface area contributed by atoms with E-state index >= 15 is 0 Å². The number of aliphatic hydroxyl groups is 2. The lowest BCUT2D eigenvalue weighted by Gasteiger charge is -2.35. The number of benzene rings is 1. The van der Waals surface area contributed by atoms with Crippen LogP contribution in [0.2, 0.25) is 0 Å². The maximum atomic E-state index is 10.7. The minimum absolute atomic E-state index is 0.379. The van der Waals surface area contributed by atoms with Gasteiger partial charge in [0.15, 0.2) is 0 Å². The fourth-order valence-corrected chi connectivity index (χ4v) is 3.06. The average Bonchev–Trinajstić information content (AvgIpc) is 3.30. The van der Waals surface area contributed by atoms with Crippen molar-refractivity contribution in [1.82, 2.24) is 0 Å². The summed E-state index contributed by atoms with van der Waals surface area (Å²) in [5, 5.41) is 21.0. The van der Waals surface area contributed by atoms with Crippen LogP contribution in [-0.4, -0.2) is 21.9 Å². The van der Waals surface area contributed by atoms with Gasteiger partial charge in [-0.3, -0.25) is 0 Å². The van der Waals surface area contributed by atoms with Crippen molar-refractivity contribution < 1.29 is 10.2 Å². The zero-order valence-corrected chi connectivity index (χ0v) is 14.3. The van der Waals surface area contributed by atoms with E-state index < -0.39 is 11.7 Å². The summed E-state index contributed by atoms with van der Waals surface area (Å²) in [5.74, 6) is 5.81. The highest BCUT2D eigenvalue weighted by Gasteiger charge is 2.59. The van der Waals surface area contributed by atoms with Gasteiger partial charge < -0.3 is 10.2 Å². The summed E-state index contributed by atoms with van der Waals surface area (Å²) >= 11 is 0. The summed E-state index contributed by atoms with van der Waals surface area (Å²) in [7, 11) is 0. The van der Waals surface area contributed by atoms with Crippen molar-refractivity contribution in [2.75, 3.05) is 0 Å². The molecule has 0 radical (unpaired) electrons. The number of allylic oxidation sites excluding steroid dienone is 1. The van der Waals surface area contributed by atoms with Crippen LogP contribution in [0.3, 0.4) is 0 Å². The highest BCUT2D eigenvalue weighted by Crippen LogP contribution is 2.59. The van der Waals surface area contributed by atoms with Crippen molar-refractivity contribution in [3.63, 3.8) is 0 Å². The van der Waals surface area contributed by atoms with E-state index in [1.807, 2.05) is 44.2 Å². The van der Waals surface area contributed by atoms with E-state index in [9.17, 15) is 10.2 Å². The van der Waals surface area contributed by atoms with Crippen LogP contribution in [0.1, 0.15) is 45.6 Å². The Morgan fingerprint density at radius 2 is 1.96 bits per heavy atom. The Balaban J connectivity index is 2.02. The Hall–Kier alpha value is -1.82. The fraction of sp³-hybridized carbons (Fsp3) is 0.429. The van der Waals surface area contributed by atoms with Crippen LogP contribution in [-0.2, 0) is 0 Å². The third-order valence-electron chi connectivity index (χ3n) is 4.89. The van der Waals surface area contributed by atoms with Crippen LogP contribution >= 0.6 is 0 Å². The molecule has 0 saturated heterocycles. The number of aliphatic hydroxyl groups excluding tert-OH is 1. The summed E-state index contributed by atoms with van der Waals surface area (Å²) in [6, 6.07) is 10.1. The first-order valence-corrected chi connectivity index (χ1v) is 8.06. The van der Waals surface area contributed by atoms with Gasteiger partial charge >= 0.3 is 0 Å². The predicted octanol–water partition coefficient (Wildman–Crippen LogP) is 3.95. The van der Waals surface area contributed by atoms with Gasteiger partial charge in [0.05, 0.1) is 0 Å². The Kier molecular flexibility index (Phi) is 5.14. The van der Waals surface area contributed by atoms with Crippen LogP contribution < -0.4 is 0 Å². The molecule has 0 amide bonds. The van der Waals surface area contributed by atoms with Gasteiger partial charge in [0.25, 0.3) is 0 Å². The van der Waals surface area contributed by atoms with Crippen LogP contribution in [0.15, 0.2) is 48.1 Å². The first-order chi connectivity index (χ1) is 10.8. The quantitative estimate of drug-likeness (QED) is 0.638. The normalized spacial score (nSPS) is 20.0. The second-order valence-corrected chi connectivity index (χ2v) is 6.81. The molecule has 23 heavy (non-hydrogen) atoms. The molecule has 1 fully saturated rings. The van der Waals surface area contributed by atoms with Crippen molar-refractivity contribution in [1.29, 1.82) is 0 Å². The third-order valence-corrected chi connectivity index (χ3v) is 4.89. The molecule has 2 rings (SSSR count). The van der Waals surface area contributed by atoms with Crippen molar-refractivity contribution in [3.05, 3.63) is 53.6 Å². The van der Waals surface area contributed by atoms with Crippen LogP contribution in [0.5, 0.6) is 0 Å². The lowest BCUT2D eigenvalue weighted by Crippen LogP contribution is -2.47. The van der Waals surface area contributed by atoms with Gasteiger partial charge in [-0.15, -0.1) is 0 Å². The SMILES string of the molecule is C=C(C)C1([C@@](C)(O)[C@@H](O)C#CC/C(C)=C/c2ccccc2)CC1. The average molecular weight is 310 g/mol. The molecule has 0 bridgehead atoms. The van der Waals surface area contributed by atoms with Crippen LogP contribution in [0.4, 0.5) is 0 Å². The predicted molar refractivity (Wildman–Crippen MR) is 95.6 cm³/mol. The molecule has 1 aromatic carbocycles. The molecule has 2 N–H and O–H groups in total. The molecular formula is C21H26O2. The van der Waals surface area contributed by atoms with Gasteiger partial charge in [0.2, 0.25) is 0 Å². The van der Waals surface area contributed by atoms with Gasteiger partial charge in [-0.05, 0) is 39.2 Å². The standard InChI is InChI=1S/C21H26O2/c1-16(2)21(13-14-21)20(4,23)19(22)12-8-9-17(3)15-18-10-6-5-7-11-18/h5-7,10-11,15,19,22-23H,1,9,13-14H2,2-4H3/b17-15+/t19-,20-/m0/s1. The Morgan fingerprint density at radius 3 is 2.48 bits per heavy atom. The molecule has 122 valence electrons. The van der Waals surface area contributed by atoms with Gasteiger partial charge in [-0.2, -0.15) is 0 Å². The Morgan fingerprint density at radius 1 is 1.35 bits per heavy atom. The second-order valence-electron chi connectivity index (χ2n) is 6.81. The molecule has 0 aliphatic heterocycles. The maximum Gasteiger partial charge on any atom is 0.143 e. The monoisotopic (exact) mass is 310 g/mol. The van der Waals surface area contributed by atoms with E-state index in [2.05, 4.69) is 24.5 Å². The van der Waals surface area contributed by atoms with E-state index in [0.717, 1.165) is 29.6 Å². The lowest BCUT2D eigenvalue weighted by molar-refractivity contribution is -0.0760. The molecule has 2 nitrogen and oxygen atoms in total. The Bertz CT molecular complexity index is 652. The van der Waals surface area contributed by atoms with Crippen LogP contribution in [0, 0.1) is 17.3 Å². The lowest BCUT2D eigenvalue weighted by atomic mass is 9.77. The zero-order chi connectivity index (χ0) is 17.1. The second kappa shape index (κ2) is 6.74. The first-order valence-electron chi connectivity index (χ1n) is 8.06.